The molecule has 0 amide bonds. The third-order valence-corrected chi connectivity index (χ3v) is 3.44. The fourth-order valence-electron chi connectivity index (χ4n) is 1.87. The van der Waals surface area contributed by atoms with Crippen LogP contribution in [0.4, 0.5) is 0 Å². The highest BCUT2D eigenvalue weighted by molar-refractivity contribution is 9.10. The quantitative estimate of drug-likeness (QED) is 0.901. The van der Waals surface area contributed by atoms with E-state index in [-0.39, 0.29) is 0 Å². The Labute approximate surface area is 116 Å². The van der Waals surface area contributed by atoms with Crippen molar-refractivity contribution in [3.63, 3.8) is 0 Å². The molecule has 94 valence electrons. The minimum absolute atomic E-state index is 0.314. The van der Waals surface area contributed by atoms with E-state index in [1.165, 1.54) is 11.1 Å². The molecule has 0 aliphatic heterocycles. The molecule has 3 heteroatoms. The van der Waals surface area contributed by atoms with E-state index in [4.69, 9.17) is 0 Å². The second-order valence-corrected chi connectivity index (χ2v) is 5.19. The fraction of sp³-hybridized carbons (Fsp3) is 0.200. The average Bonchev–Trinajstić information content (AvgIpc) is 2.35. The van der Waals surface area contributed by atoms with E-state index in [2.05, 4.69) is 52.4 Å². The lowest BCUT2D eigenvalue weighted by atomic mass is 10.1. The van der Waals surface area contributed by atoms with Crippen LogP contribution < -0.4 is 5.32 Å². The van der Waals surface area contributed by atoms with Gasteiger partial charge in [-0.15, -0.1) is 0 Å². The lowest BCUT2D eigenvalue weighted by molar-refractivity contribution is 0.461. The van der Waals surface area contributed by atoms with Gasteiger partial charge in [0.25, 0.3) is 0 Å². The van der Waals surface area contributed by atoms with Gasteiger partial charge in [0, 0.05) is 18.7 Å². The summed E-state index contributed by atoms with van der Waals surface area (Å²) in [6.45, 7) is 3.54. The minimum Gasteiger partial charge on any atom is -0.506 e. The van der Waals surface area contributed by atoms with Crippen molar-refractivity contribution in [3.05, 3.63) is 63.6 Å². The standard InChI is InChI=1S/C15H16BrNO/c1-11-4-2-5-12(8-11)9-17-10-13-6-3-7-14(16)15(13)18/h2-8,17-18H,9-10H2,1H3. The Hall–Kier alpha value is -1.32. The zero-order chi connectivity index (χ0) is 13.0. The minimum atomic E-state index is 0.314. The van der Waals surface area contributed by atoms with Crippen molar-refractivity contribution >= 4 is 15.9 Å². The van der Waals surface area contributed by atoms with Crippen LogP contribution in [-0.4, -0.2) is 5.11 Å². The van der Waals surface area contributed by atoms with Crippen LogP contribution in [0.25, 0.3) is 0 Å². The first-order valence-corrected chi connectivity index (χ1v) is 6.69. The molecule has 0 atom stereocenters. The Kier molecular flexibility index (Phi) is 4.39. The van der Waals surface area contributed by atoms with Crippen LogP contribution in [0.15, 0.2) is 46.9 Å². The second kappa shape index (κ2) is 6.03. The molecule has 0 aliphatic rings. The molecule has 0 aromatic heterocycles. The summed E-state index contributed by atoms with van der Waals surface area (Å²) in [6.07, 6.45) is 0. The lowest BCUT2D eigenvalue weighted by Crippen LogP contribution is -2.12. The van der Waals surface area contributed by atoms with Crippen molar-refractivity contribution in [1.29, 1.82) is 0 Å². The number of para-hydroxylation sites is 1. The van der Waals surface area contributed by atoms with E-state index in [1.807, 2.05) is 18.2 Å². The Morgan fingerprint density at radius 1 is 1.11 bits per heavy atom. The first kappa shape index (κ1) is 13.1. The number of phenolic OH excluding ortho intramolecular Hbond substituents is 1. The summed E-state index contributed by atoms with van der Waals surface area (Å²) < 4.78 is 0.734. The number of rotatable bonds is 4. The summed E-state index contributed by atoms with van der Waals surface area (Å²) in [7, 11) is 0. The molecule has 0 heterocycles. The number of nitrogens with one attached hydrogen (secondary N) is 1. The van der Waals surface area contributed by atoms with Crippen molar-refractivity contribution in [2.24, 2.45) is 0 Å². The average molecular weight is 306 g/mol. The van der Waals surface area contributed by atoms with Crippen LogP contribution in [-0.2, 0) is 13.1 Å². The Balaban J connectivity index is 1.94. The SMILES string of the molecule is Cc1cccc(CNCc2cccc(Br)c2O)c1. The third-order valence-electron chi connectivity index (χ3n) is 2.80. The topological polar surface area (TPSA) is 32.3 Å². The number of halogens is 1. The number of hydrogen-bond acceptors (Lipinski definition) is 2. The molecule has 0 saturated heterocycles. The van der Waals surface area contributed by atoms with E-state index in [9.17, 15) is 5.11 Å². The van der Waals surface area contributed by atoms with Crippen LogP contribution in [0.1, 0.15) is 16.7 Å². The third kappa shape index (κ3) is 3.34. The van der Waals surface area contributed by atoms with Gasteiger partial charge in [-0.3, -0.25) is 0 Å². The first-order chi connectivity index (χ1) is 8.66. The summed E-state index contributed by atoms with van der Waals surface area (Å²) in [5.41, 5.74) is 3.42. The summed E-state index contributed by atoms with van der Waals surface area (Å²) >= 11 is 3.31. The molecule has 0 spiro atoms. The van der Waals surface area contributed by atoms with Crippen LogP contribution in [0.3, 0.4) is 0 Å². The summed E-state index contributed by atoms with van der Waals surface area (Å²) in [5, 5.41) is 13.2. The lowest BCUT2D eigenvalue weighted by Gasteiger charge is -2.08. The molecule has 0 fully saturated rings. The molecule has 2 nitrogen and oxygen atoms in total. The molecule has 2 N–H and O–H groups in total. The number of phenols is 1. The van der Waals surface area contributed by atoms with Gasteiger partial charge in [0.15, 0.2) is 0 Å². The zero-order valence-electron chi connectivity index (χ0n) is 10.3. The maximum absolute atomic E-state index is 9.85. The van der Waals surface area contributed by atoms with E-state index in [1.54, 1.807) is 0 Å². The molecule has 0 aliphatic carbocycles. The van der Waals surface area contributed by atoms with E-state index >= 15 is 0 Å². The van der Waals surface area contributed by atoms with Gasteiger partial charge in [0.2, 0.25) is 0 Å². The molecule has 0 radical (unpaired) electrons. The van der Waals surface area contributed by atoms with Crippen molar-refractivity contribution in [2.45, 2.75) is 20.0 Å². The smallest absolute Gasteiger partial charge is 0.134 e. The summed E-state index contributed by atoms with van der Waals surface area (Å²) in [4.78, 5) is 0. The highest BCUT2D eigenvalue weighted by Gasteiger charge is 2.03. The predicted molar refractivity (Wildman–Crippen MR) is 77.5 cm³/mol. The van der Waals surface area contributed by atoms with Crippen LogP contribution in [0, 0.1) is 6.92 Å². The van der Waals surface area contributed by atoms with Crippen molar-refractivity contribution in [3.8, 4) is 5.75 Å². The molecule has 2 aromatic rings. The largest absolute Gasteiger partial charge is 0.506 e. The number of aryl methyl sites for hydroxylation is 1. The Morgan fingerprint density at radius 2 is 1.89 bits per heavy atom. The number of aromatic hydroxyl groups is 1. The number of hydrogen-bond donors (Lipinski definition) is 2. The van der Waals surface area contributed by atoms with Gasteiger partial charge in [-0.05, 0) is 34.5 Å². The molecule has 0 bridgehead atoms. The summed E-state index contributed by atoms with van der Waals surface area (Å²) in [5.74, 6) is 0.314. The predicted octanol–water partition coefficient (Wildman–Crippen LogP) is 3.75. The molecular formula is C15H16BrNO. The Morgan fingerprint density at radius 3 is 2.67 bits per heavy atom. The van der Waals surface area contributed by atoms with E-state index in [0.717, 1.165) is 16.6 Å². The fourth-order valence-corrected chi connectivity index (χ4v) is 2.27. The molecule has 0 saturated carbocycles. The van der Waals surface area contributed by atoms with Crippen LogP contribution in [0.5, 0.6) is 5.75 Å². The number of benzene rings is 2. The first-order valence-electron chi connectivity index (χ1n) is 5.89. The zero-order valence-corrected chi connectivity index (χ0v) is 11.9. The molecule has 2 rings (SSSR count). The van der Waals surface area contributed by atoms with Crippen molar-refractivity contribution in [2.75, 3.05) is 0 Å². The van der Waals surface area contributed by atoms with Crippen molar-refractivity contribution < 1.29 is 5.11 Å². The van der Waals surface area contributed by atoms with Gasteiger partial charge in [-0.2, -0.15) is 0 Å². The highest BCUT2D eigenvalue weighted by Crippen LogP contribution is 2.27. The highest BCUT2D eigenvalue weighted by atomic mass is 79.9. The molecular weight excluding hydrogens is 290 g/mol. The second-order valence-electron chi connectivity index (χ2n) is 4.34. The van der Waals surface area contributed by atoms with Gasteiger partial charge in [-0.1, -0.05) is 42.0 Å². The van der Waals surface area contributed by atoms with Crippen molar-refractivity contribution in [1.82, 2.24) is 5.32 Å². The van der Waals surface area contributed by atoms with E-state index in [0.29, 0.717) is 12.3 Å². The maximum atomic E-state index is 9.85. The molecule has 0 unspecified atom stereocenters. The Bertz CT molecular complexity index is 540. The molecule has 2 aromatic carbocycles. The van der Waals surface area contributed by atoms with Gasteiger partial charge < -0.3 is 10.4 Å². The van der Waals surface area contributed by atoms with Gasteiger partial charge in [0.05, 0.1) is 4.47 Å². The normalized spacial score (nSPS) is 10.6. The van der Waals surface area contributed by atoms with Crippen LogP contribution in [0.2, 0.25) is 0 Å². The monoisotopic (exact) mass is 305 g/mol. The van der Waals surface area contributed by atoms with Crippen LogP contribution >= 0.6 is 15.9 Å². The summed E-state index contributed by atoms with van der Waals surface area (Å²) in [6, 6.07) is 14.1. The maximum Gasteiger partial charge on any atom is 0.134 e. The van der Waals surface area contributed by atoms with Gasteiger partial charge in [0.1, 0.15) is 5.75 Å². The van der Waals surface area contributed by atoms with E-state index < -0.39 is 0 Å². The van der Waals surface area contributed by atoms with Gasteiger partial charge >= 0.3 is 0 Å². The molecule has 18 heavy (non-hydrogen) atoms. The van der Waals surface area contributed by atoms with Gasteiger partial charge in [-0.25, -0.2) is 0 Å².